The van der Waals surface area contributed by atoms with Crippen LogP contribution in [0.1, 0.15) is 156 Å². The van der Waals surface area contributed by atoms with Crippen molar-refractivity contribution in [2.75, 3.05) is 0 Å². The van der Waals surface area contributed by atoms with E-state index in [-0.39, 0.29) is 262 Å². The SMILES string of the molecule is C[CH-]C.C[CH-]C.C[CH-]C.C[CH-]C.C[CH-]C.C[CH-]C.C[CH-]C.C[CH-]C.Cc1cc2n[c-]ccc2cn1.Cc1ccc2cc[c-]nc2c1.Cc1ccc2cc[c-]nc2n1.Cc1ccc2cn[c-]nc2c1.Cc1ccc2nc[c-]nc2c1.Cc1ccc2nc[c-]nc2c1.Cc1cnc2cc[c-]nc2c1.Cc1cnc2cc[c-]nc2c1.[Y].[Y].[Y].[Y].[Y].[Y].[Y].[Y]. The Balaban J connectivity index is -0.000000190. The van der Waals surface area contributed by atoms with E-state index in [1.165, 1.54) is 27.6 Å². The van der Waals surface area contributed by atoms with Gasteiger partial charge in [-0.05, 0) is 124 Å². The standard InChI is InChI=1S/C10H8N.7C9H7N2.8C3H7.8Y/c1-8-4-5-9-3-2-6-11-10(9)7-8;1-7-2-3-8-5-10-6-11-9(8)4-7;2*1-7-2-3-8-9(6-7)11-5-4-10-8;1-7-4-5-8-3-2-6-10-9(8)11-7;1-7-5-9-8(6-11-7)3-2-4-10-9;2*1-7-5-9-8(11-6-7)3-2-4-10-9;8*1-3-2;;;;;;;;/h2-5,7H,1H3;2-5H,1H3;2*2-4,6H,1H3;2-5H,1H3;3*2-3,5-6H,1H3;8*3H,1-2H3;;;;;;;;/q16*-1;;;;;;;;. The van der Waals surface area contributed by atoms with Crippen molar-refractivity contribution in [3.63, 3.8) is 0 Å². The van der Waals surface area contributed by atoms with Crippen molar-refractivity contribution in [3.05, 3.63) is 347 Å². The van der Waals surface area contributed by atoms with Crippen LogP contribution >= 0.6 is 0 Å². The molecule has 16 aromatic rings. The summed E-state index contributed by atoms with van der Waals surface area (Å²) < 4.78 is 0. The van der Waals surface area contributed by atoms with Gasteiger partial charge in [0.1, 0.15) is 0 Å². The average Bonchev–Trinajstić information content (AvgIpc) is 0.920. The third kappa shape index (κ3) is 60.9. The summed E-state index contributed by atoms with van der Waals surface area (Å²) in [4.78, 5) is 61.2. The number of hydrogen-bond donors (Lipinski definition) is 0. The molecule has 0 saturated heterocycles. The molecule has 120 heavy (non-hydrogen) atoms. The number of aromatic nitrogens is 15. The predicted molar refractivity (Wildman–Crippen MR) is 472 cm³/mol. The Labute approximate surface area is 922 Å². The van der Waals surface area contributed by atoms with Crippen molar-refractivity contribution in [1.29, 1.82) is 0 Å². The maximum atomic E-state index is 4.23. The molecule has 8 radical (unpaired) electrons. The van der Waals surface area contributed by atoms with Gasteiger partial charge in [0.25, 0.3) is 0 Å². The van der Waals surface area contributed by atoms with E-state index in [0.29, 0.717) is 0 Å². The van der Waals surface area contributed by atoms with Crippen LogP contribution in [0.15, 0.2) is 201 Å². The Bertz CT molecular complexity index is 4160. The second kappa shape index (κ2) is 87.1. The molecule has 15 nitrogen and oxygen atoms in total. The minimum absolute atomic E-state index is 0. The van der Waals surface area contributed by atoms with Gasteiger partial charge in [-0.2, -0.15) is 159 Å². The molecule has 0 saturated carbocycles. The van der Waals surface area contributed by atoms with E-state index in [4.69, 9.17) is 0 Å². The minimum Gasteiger partial charge on any atom is -0.448 e. The first-order valence-electron chi connectivity index (χ1n) is 37.0. The van der Waals surface area contributed by atoms with Crippen LogP contribution in [-0.4, -0.2) is 74.8 Å². The van der Waals surface area contributed by atoms with E-state index in [2.05, 4.69) is 150 Å². The molecule has 0 spiro atoms. The summed E-state index contributed by atoms with van der Waals surface area (Å²) in [6, 6.07) is 52.9. The fourth-order valence-corrected chi connectivity index (χ4v) is 8.25. The fourth-order valence-electron chi connectivity index (χ4n) is 8.25. The van der Waals surface area contributed by atoms with Crippen molar-refractivity contribution in [2.45, 2.75) is 166 Å². The zero-order chi connectivity index (χ0) is 83.1. The number of nitrogens with zero attached hydrogens (tertiary/aromatic N) is 15. The second-order valence-corrected chi connectivity index (χ2v) is 24.7. The second-order valence-electron chi connectivity index (χ2n) is 24.7. The number of rotatable bonds is 0. The van der Waals surface area contributed by atoms with E-state index in [0.717, 1.165) is 105 Å². The van der Waals surface area contributed by atoms with Gasteiger partial charge >= 0.3 is 0 Å². The van der Waals surface area contributed by atoms with Crippen molar-refractivity contribution in [1.82, 2.24) is 74.8 Å². The number of fused-ring (bicyclic) bond motifs is 8. The minimum atomic E-state index is 0. The molecule has 0 aliphatic heterocycles. The zero-order valence-corrected chi connectivity index (χ0v) is 97.7. The molecule has 0 aliphatic rings. The average molecular weight is 2200 g/mol. The molecule has 616 valence electrons. The summed E-state index contributed by atoms with van der Waals surface area (Å²) >= 11 is 0. The van der Waals surface area contributed by atoms with Gasteiger partial charge in [-0.1, -0.05) is 172 Å². The maximum absolute atomic E-state index is 4.23. The summed E-state index contributed by atoms with van der Waals surface area (Å²) in [5.74, 6) is 0. The van der Waals surface area contributed by atoms with Crippen LogP contribution in [0.25, 0.3) is 87.9 Å². The molecule has 12 heterocycles. The van der Waals surface area contributed by atoms with Crippen LogP contribution in [0.4, 0.5) is 0 Å². The van der Waals surface area contributed by atoms with Gasteiger partial charge in [-0.25, -0.2) is 0 Å². The van der Waals surface area contributed by atoms with E-state index in [1.54, 1.807) is 42.9 Å². The van der Waals surface area contributed by atoms with Gasteiger partial charge in [0.2, 0.25) is 0 Å². The van der Waals surface area contributed by atoms with Crippen molar-refractivity contribution in [3.8, 4) is 0 Å². The van der Waals surface area contributed by atoms with Crippen molar-refractivity contribution >= 4 is 87.9 Å². The molecule has 0 aliphatic carbocycles. The molecule has 23 heteroatoms. The first kappa shape index (κ1) is 133. The molecule has 0 N–H and O–H groups in total. The summed E-state index contributed by atoms with van der Waals surface area (Å²) in [6.07, 6.45) is 48.3. The van der Waals surface area contributed by atoms with E-state index >= 15 is 0 Å². The molecular weight excluding hydrogens is 2090 g/mol. The van der Waals surface area contributed by atoms with Crippen molar-refractivity contribution < 1.29 is 262 Å². The monoisotopic (exact) mass is 2200 g/mol. The first-order valence-corrected chi connectivity index (χ1v) is 37.0. The summed E-state index contributed by atoms with van der Waals surface area (Å²) in [7, 11) is 0. The summed E-state index contributed by atoms with van der Waals surface area (Å²) in [5.41, 5.74) is 20.1. The van der Waals surface area contributed by atoms with E-state index in [1.807, 2.05) is 351 Å². The van der Waals surface area contributed by atoms with Gasteiger partial charge in [-0.15, -0.1) is 42.0 Å². The van der Waals surface area contributed by atoms with Gasteiger partial charge in [-0.3, -0.25) is 29.9 Å². The Morgan fingerprint density at radius 2 is 0.508 bits per heavy atom. The Hall–Kier alpha value is -2.62. The maximum Gasteiger partial charge on any atom is 0.0453 e. The van der Waals surface area contributed by atoms with Crippen LogP contribution in [0, 0.1) is 156 Å². The van der Waals surface area contributed by atoms with Gasteiger partial charge in [0.15, 0.2) is 0 Å². The normalized spacial score (nSPS) is 8.73. The van der Waals surface area contributed by atoms with Crippen LogP contribution in [-0.2, 0) is 262 Å². The molecule has 0 atom stereocenters. The Morgan fingerprint density at radius 1 is 0.217 bits per heavy atom. The largest absolute Gasteiger partial charge is 0.448 e. The predicted octanol–water partition coefficient (Wildman–Crippen LogP) is 24.3. The molecule has 0 amide bonds. The van der Waals surface area contributed by atoms with Gasteiger partial charge < -0.3 is 96.2 Å². The molecule has 12 aromatic heterocycles. The topological polar surface area (TPSA) is 193 Å². The quantitative estimate of drug-likeness (QED) is 0.130. The van der Waals surface area contributed by atoms with Crippen LogP contribution in [0.2, 0.25) is 0 Å². The summed E-state index contributed by atoms with van der Waals surface area (Å²) in [5, 5.41) is 4.37. The molecular formula is C97H113N15Y8-16. The third-order valence-electron chi connectivity index (χ3n) is 12.7. The number of hydrogen-bond acceptors (Lipinski definition) is 15. The smallest absolute Gasteiger partial charge is 0.0453 e. The van der Waals surface area contributed by atoms with Gasteiger partial charge in [0.05, 0.1) is 0 Å². The van der Waals surface area contributed by atoms with Crippen molar-refractivity contribution in [2.24, 2.45) is 0 Å². The Kier molecular flexibility index (Phi) is 96.4. The number of benzene rings is 4. The molecule has 0 unspecified atom stereocenters. The Morgan fingerprint density at radius 3 is 0.925 bits per heavy atom. The fraction of sp³-hybridized carbons (Fsp3) is 0.247. The number of pyridine rings is 9. The molecule has 4 aromatic carbocycles. The molecule has 16 rings (SSSR count). The van der Waals surface area contributed by atoms with Gasteiger partial charge in [0, 0.05) is 315 Å². The molecule has 0 bridgehead atoms. The van der Waals surface area contributed by atoms with Crippen LogP contribution in [0.3, 0.4) is 0 Å². The van der Waals surface area contributed by atoms with Crippen LogP contribution in [0.5, 0.6) is 0 Å². The van der Waals surface area contributed by atoms with Crippen LogP contribution < -0.4 is 0 Å². The molecule has 0 fully saturated rings. The van der Waals surface area contributed by atoms with E-state index in [9.17, 15) is 0 Å². The zero-order valence-electron chi connectivity index (χ0n) is 75.0. The summed E-state index contributed by atoms with van der Waals surface area (Å²) in [6.45, 7) is 48.1. The number of aryl methyl sites for hydroxylation is 8. The first-order chi connectivity index (χ1) is 54.2. The third-order valence-corrected chi connectivity index (χ3v) is 12.7. The van der Waals surface area contributed by atoms with E-state index < -0.39 is 0 Å².